The number of nitrogens with zero attached hydrogens (tertiary/aromatic N) is 3. The average Bonchev–Trinajstić information content (AvgIpc) is 2.28. The average molecular weight is 235 g/mol. The third-order valence-corrected chi connectivity index (χ3v) is 2.00. The van der Waals surface area contributed by atoms with Gasteiger partial charge in [0.2, 0.25) is 0 Å². The quantitative estimate of drug-likeness (QED) is 0.367. The van der Waals surface area contributed by atoms with Gasteiger partial charge >= 0.3 is 5.97 Å². The molecule has 6 heteroatoms. The third kappa shape index (κ3) is 3.96. The lowest BCUT2D eigenvalue weighted by molar-refractivity contribution is 0.0696. The van der Waals surface area contributed by atoms with Crippen molar-refractivity contribution in [3.8, 4) is 0 Å². The summed E-state index contributed by atoms with van der Waals surface area (Å²) < 4.78 is 12.9. The van der Waals surface area contributed by atoms with Crippen LogP contribution in [0.3, 0.4) is 0 Å². The van der Waals surface area contributed by atoms with Gasteiger partial charge in [-0.25, -0.2) is 9.18 Å². The maximum Gasteiger partial charge on any atom is 0.336 e. The van der Waals surface area contributed by atoms with Crippen LogP contribution < -0.4 is 0 Å². The topological polar surface area (TPSA) is 86.1 Å². The van der Waals surface area contributed by atoms with E-state index in [2.05, 4.69) is 10.0 Å². The molecule has 0 aliphatic rings. The first kappa shape index (κ1) is 12.7. The molecule has 88 valence electrons. The summed E-state index contributed by atoms with van der Waals surface area (Å²) in [6, 6.07) is 3.46. The van der Waals surface area contributed by atoms with Crippen molar-refractivity contribution in [2.75, 3.05) is 6.54 Å². The molecule has 0 bridgehead atoms. The van der Waals surface area contributed by atoms with Gasteiger partial charge < -0.3 is 5.11 Å². The van der Waals surface area contributed by atoms with Crippen LogP contribution in [0.5, 0.6) is 0 Å². The van der Waals surface area contributed by atoms with Gasteiger partial charge in [0.15, 0.2) is 0 Å². The summed E-state index contributed by atoms with van der Waals surface area (Å²) in [5, 5.41) is 12.2. The number of hydrogen-bond acceptors (Lipinski definition) is 2. The Morgan fingerprint density at radius 1 is 1.59 bits per heavy atom. The summed E-state index contributed by atoms with van der Waals surface area (Å²) >= 11 is 0. The van der Waals surface area contributed by atoms with Crippen molar-refractivity contribution in [3.63, 3.8) is 0 Å². The first-order valence-electron chi connectivity index (χ1n) is 4.85. The predicted molar refractivity (Wildman–Crippen MR) is 61.0 cm³/mol. The van der Waals surface area contributed by atoms with Crippen LogP contribution in [0.4, 0.5) is 4.39 Å². The predicted octanol–water partition coefficient (Wildman–Crippen LogP) is 3.24. The maximum absolute atomic E-state index is 12.9. The number of hydrogen-bond donors (Lipinski definition) is 1. The molecule has 0 atom stereocenters. The molecule has 17 heavy (non-hydrogen) atoms. The smallest absolute Gasteiger partial charge is 0.336 e. The summed E-state index contributed by atoms with van der Waals surface area (Å²) in [5.74, 6) is -1.61. The molecular weight excluding hydrogens is 225 g/mol. The molecule has 0 heterocycles. The minimum atomic E-state index is -1.11. The van der Waals surface area contributed by atoms with E-state index in [9.17, 15) is 9.18 Å². The maximum atomic E-state index is 12.9. The zero-order chi connectivity index (χ0) is 12.7. The number of carboxylic acid groups (broad SMARTS) is 1. The Morgan fingerprint density at radius 2 is 2.35 bits per heavy atom. The van der Waals surface area contributed by atoms with Crippen LogP contribution in [0.15, 0.2) is 29.4 Å². The first-order valence-corrected chi connectivity index (χ1v) is 4.85. The van der Waals surface area contributed by atoms with E-state index < -0.39 is 11.8 Å². The Kier molecular flexibility index (Phi) is 4.72. The van der Waals surface area contributed by atoms with E-state index in [1.54, 1.807) is 6.08 Å². The minimum Gasteiger partial charge on any atom is -0.478 e. The van der Waals surface area contributed by atoms with Crippen molar-refractivity contribution >= 4 is 12.0 Å². The fourth-order valence-corrected chi connectivity index (χ4v) is 1.25. The molecule has 1 N–H and O–H groups in total. The Morgan fingerprint density at radius 3 is 3.00 bits per heavy atom. The molecule has 0 aliphatic heterocycles. The lowest BCUT2D eigenvalue weighted by Crippen LogP contribution is -1.99. The number of carboxylic acids is 1. The molecule has 5 nitrogen and oxygen atoms in total. The van der Waals surface area contributed by atoms with Crippen LogP contribution in [0.2, 0.25) is 0 Å². The fraction of sp³-hybridized carbons (Fsp3) is 0.182. The van der Waals surface area contributed by atoms with Gasteiger partial charge in [0.1, 0.15) is 5.82 Å². The summed E-state index contributed by atoms with van der Waals surface area (Å²) in [6.07, 6.45) is 3.61. The molecular formula is C11H10FN3O2. The monoisotopic (exact) mass is 235 g/mol. The van der Waals surface area contributed by atoms with E-state index in [1.165, 1.54) is 12.1 Å². The van der Waals surface area contributed by atoms with Crippen molar-refractivity contribution in [1.29, 1.82) is 0 Å². The van der Waals surface area contributed by atoms with Crippen molar-refractivity contribution in [2.24, 2.45) is 5.11 Å². The summed E-state index contributed by atoms with van der Waals surface area (Å²) in [6.45, 7) is 0.282. The highest BCUT2D eigenvalue weighted by Crippen LogP contribution is 2.13. The molecule has 1 rings (SSSR count). The molecule has 0 fully saturated rings. The Hall–Kier alpha value is -2.33. The normalized spacial score (nSPS) is 10.2. The largest absolute Gasteiger partial charge is 0.478 e. The highest BCUT2D eigenvalue weighted by molar-refractivity contribution is 5.92. The Bertz CT molecular complexity index is 493. The second-order valence-electron chi connectivity index (χ2n) is 3.18. The van der Waals surface area contributed by atoms with Gasteiger partial charge in [-0.3, -0.25) is 0 Å². The van der Waals surface area contributed by atoms with E-state index in [0.29, 0.717) is 12.0 Å². The standard InChI is InChI=1S/C11H10FN3O2/c12-9-4-5-10(11(16)17)8(7-9)3-1-2-6-14-15-13/h1,3-5,7H,2,6H2,(H,16,17). The van der Waals surface area contributed by atoms with Gasteiger partial charge in [0, 0.05) is 11.5 Å². The zero-order valence-corrected chi connectivity index (χ0v) is 8.88. The molecule has 0 saturated heterocycles. The van der Waals surface area contributed by atoms with Crippen LogP contribution >= 0.6 is 0 Å². The number of halogens is 1. The van der Waals surface area contributed by atoms with Crippen LogP contribution in [0.1, 0.15) is 22.3 Å². The number of aromatic carboxylic acids is 1. The number of azide groups is 1. The molecule has 0 aromatic heterocycles. The number of carbonyl (C=O) groups is 1. The molecule has 0 unspecified atom stereocenters. The van der Waals surface area contributed by atoms with Gasteiger partial charge in [-0.15, -0.1) is 0 Å². The van der Waals surface area contributed by atoms with Gasteiger partial charge in [-0.1, -0.05) is 17.3 Å². The Balaban J connectivity index is 2.84. The highest BCUT2D eigenvalue weighted by Gasteiger charge is 2.08. The number of benzene rings is 1. The van der Waals surface area contributed by atoms with E-state index in [-0.39, 0.29) is 12.1 Å². The molecule has 0 saturated carbocycles. The van der Waals surface area contributed by atoms with Gasteiger partial charge in [0.25, 0.3) is 0 Å². The number of rotatable bonds is 5. The van der Waals surface area contributed by atoms with E-state index in [4.69, 9.17) is 10.6 Å². The minimum absolute atomic E-state index is 0.0337. The van der Waals surface area contributed by atoms with Crippen molar-refractivity contribution in [2.45, 2.75) is 6.42 Å². The highest BCUT2D eigenvalue weighted by atomic mass is 19.1. The molecule has 0 radical (unpaired) electrons. The zero-order valence-electron chi connectivity index (χ0n) is 8.88. The van der Waals surface area contributed by atoms with E-state index in [0.717, 1.165) is 12.1 Å². The van der Waals surface area contributed by atoms with Gasteiger partial charge in [0.05, 0.1) is 5.56 Å². The third-order valence-electron chi connectivity index (χ3n) is 2.00. The summed E-state index contributed by atoms with van der Waals surface area (Å²) in [4.78, 5) is 13.4. The summed E-state index contributed by atoms with van der Waals surface area (Å²) in [5.41, 5.74) is 8.37. The summed E-state index contributed by atoms with van der Waals surface area (Å²) in [7, 11) is 0. The second kappa shape index (κ2) is 6.30. The van der Waals surface area contributed by atoms with Crippen LogP contribution in [-0.4, -0.2) is 17.6 Å². The fourth-order valence-electron chi connectivity index (χ4n) is 1.25. The van der Waals surface area contributed by atoms with Crippen molar-refractivity contribution in [1.82, 2.24) is 0 Å². The molecule has 1 aromatic rings. The van der Waals surface area contributed by atoms with Crippen LogP contribution in [0.25, 0.3) is 16.5 Å². The first-order chi connectivity index (χ1) is 8.15. The Labute approximate surface area is 96.8 Å². The molecule has 0 spiro atoms. The lowest BCUT2D eigenvalue weighted by atomic mass is 10.1. The SMILES string of the molecule is [N-]=[N+]=NCCC=Cc1cc(F)ccc1C(=O)O. The van der Waals surface area contributed by atoms with Gasteiger partial charge in [-0.2, -0.15) is 0 Å². The lowest BCUT2D eigenvalue weighted by Gasteiger charge is -2.00. The van der Waals surface area contributed by atoms with Crippen LogP contribution in [-0.2, 0) is 0 Å². The second-order valence-corrected chi connectivity index (χ2v) is 3.18. The van der Waals surface area contributed by atoms with Gasteiger partial charge in [-0.05, 0) is 35.7 Å². The van der Waals surface area contributed by atoms with E-state index >= 15 is 0 Å². The van der Waals surface area contributed by atoms with Crippen molar-refractivity contribution < 1.29 is 14.3 Å². The molecule has 0 amide bonds. The molecule has 1 aromatic carbocycles. The molecule has 0 aliphatic carbocycles. The van der Waals surface area contributed by atoms with E-state index in [1.807, 2.05) is 0 Å². The van der Waals surface area contributed by atoms with Crippen LogP contribution in [0, 0.1) is 5.82 Å². The van der Waals surface area contributed by atoms with Crippen molar-refractivity contribution in [3.05, 3.63) is 51.7 Å².